The van der Waals surface area contributed by atoms with E-state index in [1.54, 1.807) is 0 Å². The molecule has 5 nitrogen and oxygen atoms in total. The largest absolute Gasteiger partial charge is 0.362 e. The predicted octanol–water partition coefficient (Wildman–Crippen LogP) is 3.75. The molecule has 0 aromatic heterocycles. The number of anilines is 2. The first kappa shape index (κ1) is 20.1. The van der Waals surface area contributed by atoms with Gasteiger partial charge < -0.3 is 20.4 Å². The fourth-order valence-electron chi connectivity index (χ4n) is 4.12. The van der Waals surface area contributed by atoms with Crippen molar-refractivity contribution in [3.63, 3.8) is 0 Å². The molecule has 1 amide bonds. The Morgan fingerprint density at radius 3 is 2.70 bits per heavy atom. The van der Waals surface area contributed by atoms with Crippen LogP contribution in [0.4, 0.5) is 11.4 Å². The number of rotatable bonds is 7. The van der Waals surface area contributed by atoms with Crippen molar-refractivity contribution in [3.05, 3.63) is 24.3 Å². The highest BCUT2D eigenvalue weighted by Crippen LogP contribution is 2.23. The molecule has 0 spiro atoms. The van der Waals surface area contributed by atoms with Gasteiger partial charge in [0.05, 0.1) is 0 Å². The summed E-state index contributed by atoms with van der Waals surface area (Å²) in [5.41, 5.74) is 1.92. The van der Waals surface area contributed by atoms with Crippen LogP contribution in [0.1, 0.15) is 51.9 Å². The number of amides is 1. The Balaban J connectivity index is 1.37. The van der Waals surface area contributed by atoms with Crippen molar-refractivity contribution in [1.82, 2.24) is 10.2 Å². The van der Waals surface area contributed by atoms with Crippen molar-refractivity contribution in [2.45, 2.75) is 57.9 Å². The second-order valence-corrected chi connectivity index (χ2v) is 7.93. The van der Waals surface area contributed by atoms with Gasteiger partial charge in [0.2, 0.25) is 5.91 Å². The van der Waals surface area contributed by atoms with E-state index in [2.05, 4.69) is 22.5 Å². The molecule has 6 heteroatoms. The monoisotopic (exact) mass is 388 g/mol. The second-order valence-electron chi connectivity index (χ2n) is 7.52. The van der Waals surface area contributed by atoms with Crippen LogP contribution >= 0.6 is 12.2 Å². The maximum absolute atomic E-state index is 11.8. The molecule has 0 unspecified atom stereocenters. The molecule has 0 aliphatic carbocycles. The van der Waals surface area contributed by atoms with Gasteiger partial charge in [0.25, 0.3) is 0 Å². The van der Waals surface area contributed by atoms with Crippen molar-refractivity contribution in [1.29, 1.82) is 0 Å². The zero-order chi connectivity index (χ0) is 19.1. The first-order valence-corrected chi connectivity index (χ1v) is 10.8. The van der Waals surface area contributed by atoms with Crippen LogP contribution in [0.15, 0.2) is 24.3 Å². The number of hydrogen-bond acceptors (Lipinski definition) is 3. The van der Waals surface area contributed by atoms with Crippen LogP contribution in [-0.2, 0) is 4.79 Å². The lowest BCUT2D eigenvalue weighted by Crippen LogP contribution is -2.40. The number of thiocarbonyl (C=S) groups is 1. The van der Waals surface area contributed by atoms with Gasteiger partial charge in [-0.25, -0.2) is 0 Å². The maximum Gasteiger partial charge on any atom is 0.227 e. The highest BCUT2D eigenvalue weighted by Gasteiger charge is 2.21. The van der Waals surface area contributed by atoms with Gasteiger partial charge in [-0.15, -0.1) is 0 Å². The van der Waals surface area contributed by atoms with Gasteiger partial charge in [-0.2, -0.15) is 0 Å². The van der Waals surface area contributed by atoms with Gasteiger partial charge in [-0.3, -0.25) is 4.79 Å². The standard InChI is InChI=1S/C21H32N4OS/c1-2-18-7-3-4-14-24(18)15-6-13-22-21(27)23-17-9-11-19(12-10-17)25-16-5-8-20(25)26/h9-12,18H,2-8,13-16H2,1H3,(H2,22,23,27)/t18-/m0/s1. The third kappa shape index (κ3) is 5.66. The van der Waals surface area contributed by atoms with Gasteiger partial charge >= 0.3 is 0 Å². The zero-order valence-corrected chi connectivity index (χ0v) is 17.2. The van der Waals surface area contributed by atoms with Crippen LogP contribution < -0.4 is 15.5 Å². The summed E-state index contributed by atoms with van der Waals surface area (Å²) in [6.07, 6.45) is 8.03. The molecule has 148 valence electrons. The molecule has 2 fully saturated rings. The molecule has 2 aliphatic heterocycles. The van der Waals surface area contributed by atoms with Crippen LogP contribution in [-0.4, -0.2) is 48.1 Å². The minimum atomic E-state index is 0.215. The fourth-order valence-corrected chi connectivity index (χ4v) is 4.34. The smallest absolute Gasteiger partial charge is 0.227 e. The summed E-state index contributed by atoms with van der Waals surface area (Å²) in [5.74, 6) is 0.215. The Morgan fingerprint density at radius 1 is 1.19 bits per heavy atom. The van der Waals surface area contributed by atoms with Crippen molar-refractivity contribution in [2.24, 2.45) is 0 Å². The molecule has 1 aromatic carbocycles. The summed E-state index contributed by atoms with van der Waals surface area (Å²) in [5, 5.41) is 7.20. The second kappa shape index (κ2) is 10.0. The normalized spacial score (nSPS) is 20.7. The van der Waals surface area contributed by atoms with Crippen LogP contribution in [0.2, 0.25) is 0 Å². The van der Waals surface area contributed by atoms with E-state index in [0.717, 1.165) is 49.9 Å². The summed E-state index contributed by atoms with van der Waals surface area (Å²) in [6, 6.07) is 8.69. The van der Waals surface area contributed by atoms with Crippen molar-refractivity contribution < 1.29 is 4.79 Å². The molecule has 1 aromatic rings. The number of carbonyl (C=O) groups is 1. The van der Waals surface area contributed by atoms with E-state index in [9.17, 15) is 4.79 Å². The summed E-state index contributed by atoms with van der Waals surface area (Å²) in [4.78, 5) is 16.3. The first-order chi connectivity index (χ1) is 13.2. The molecule has 2 heterocycles. The van der Waals surface area contributed by atoms with Crippen LogP contribution in [0.3, 0.4) is 0 Å². The maximum atomic E-state index is 11.8. The van der Waals surface area contributed by atoms with Gasteiger partial charge in [-0.05, 0) is 75.1 Å². The number of nitrogens with zero attached hydrogens (tertiary/aromatic N) is 2. The Bertz CT molecular complexity index is 634. The minimum absolute atomic E-state index is 0.215. The number of benzene rings is 1. The lowest BCUT2D eigenvalue weighted by Gasteiger charge is -2.35. The molecule has 1 atom stereocenters. The molecule has 2 N–H and O–H groups in total. The van der Waals surface area contributed by atoms with Gasteiger partial charge in [0, 0.05) is 43.5 Å². The molecular weight excluding hydrogens is 356 g/mol. The topological polar surface area (TPSA) is 47.6 Å². The molecular formula is C21H32N4OS. The average molecular weight is 389 g/mol. The number of piperidine rings is 1. The number of likely N-dealkylation sites (tertiary alicyclic amines) is 1. The van der Waals surface area contributed by atoms with Gasteiger partial charge in [-0.1, -0.05) is 13.3 Å². The van der Waals surface area contributed by atoms with Crippen molar-refractivity contribution in [2.75, 3.05) is 36.4 Å². The summed E-state index contributed by atoms with van der Waals surface area (Å²) in [6.45, 7) is 6.39. The summed E-state index contributed by atoms with van der Waals surface area (Å²) >= 11 is 5.41. The number of hydrogen-bond donors (Lipinski definition) is 2. The molecule has 0 saturated carbocycles. The number of carbonyl (C=O) groups excluding carboxylic acids is 1. The Hall–Kier alpha value is -1.66. The molecule has 27 heavy (non-hydrogen) atoms. The van der Waals surface area contributed by atoms with E-state index in [-0.39, 0.29) is 5.91 Å². The van der Waals surface area contributed by atoms with Crippen molar-refractivity contribution in [3.8, 4) is 0 Å². The zero-order valence-electron chi connectivity index (χ0n) is 16.4. The van der Waals surface area contributed by atoms with E-state index >= 15 is 0 Å². The lowest BCUT2D eigenvalue weighted by molar-refractivity contribution is -0.117. The predicted molar refractivity (Wildman–Crippen MR) is 116 cm³/mol. The summed E-state index contributed by atoms with van der Waals surface area (Å²) in [7, 11) is 0. The summed E-state index contributed by atoms with van der Waals surface area (Å²) < 4.78 is 0. The van der Waals surface area contributed by atoms with E-state index in [0.29, 0.717) is 11.5 Å². The average Bonchev–Trinajstić information content (AvgIpc) is 3.12. The van der Waals surface area contributed by atoms with Crippen LogP contribution in [0, 0.1) is 0 Å². The van der Waals surface area contributed by atoms with Crippen LogP contribution in [0.25, 0.3) is 0 Å². The van der Waals surface area contributed by atoms with Gasteiger partial charge in [0.1, 0.15) is 0 Å². The van der Waals surface area contributed by atoms with Crippen LogP contribution in [0.5, 0.6) is 0 Å². The molecule has 2 saturated heterocycles. The third-order valence-electron chi connectivity index (χ3n) is 5.64. The molecule has 0 radical (unpaired) electrons. The van der Waals surface area contributed by atoms with E-state index in [4.69, 9.17) is 12.2 Å². The number of nitrogens with one attached hydrogen (secondary N) is 2. The van der Waals surface area contributed by atoms with Gasteiger partial charge in [0.15, 0.2) is 5.11 Å². The molecule has 0 bridgehead atoms. The first-order valence-electron chi connectivity index (χ1n) is 10.4. The SMILES string of the molecule is CC[C@H]1CCCCN1CCCNC(=S)Nc1ccc(N2CCCC2=O)cc1. The minimum Gasteiger partial charge on any atom is -0.362 e. The lowest BCUT2D eigenvalue weighted by atomic mass is 10.00. The van der Waals surface area contributed by atoms with Crippen molar-refractivity contribution >= 4 is 34.6 Å². The Kier molecular flexibility index (Phi) is 7.47. The molecule has 3 rings (SSSR count). The highest BCUT2D eigenvalue weighted by molar-refractivity contribution is 7.80. The molecule has 2 aliphatic rings. The van der Waals surface area contributed by atoms with E-state index in [1.807, 2.05) is 29.2 Å². The van der Waals surface area contributed by atoms with E-state index in [1.165, 1.54) is 32.2 Å². The van der Waals surface area contributed by atoms with E-state index < -0.39 is 0 Å². The Labute approximate surface area is 168 Å². The third-order valence-corrected chi connectivity index (χ3v) is 5.88. The highest BCUT2D eigenvalue weighted by atomic mass is 32.1. The Morgan fingerprint density at radius 2 is 2.00 bits per heavy atom. The quantitative estimate of drug-likeness (QED) is 0.550. The fraction of sp³-hybridized carbons (Fsp3) is 0.619.